The van der Waals surface area contributed by atoms with Crippen LogP contribution in [0.1, 0.15) is 13.8 Å². The fourth-order valence-corrected chi connectivity index (χ4v) is 2.87. The highest BCUT2D eigenvalue weighted by molar-refractivity contribution is 7.54. The Kier molecular flexibility index (Phi) is 5.66. The van der Waals surface area contributed by atoms with Gasteiger partial charge in [0.2, 0.25) is 5.60 Å². The second-order valence-electron chi connectivity index (χ2n) is 3.66. The van der Waals surface area contributed by atoms with Gasteiger partial charge in [0, 0.05) is 14.2 Å². The van der Waals surface area contributed by atoms with Crippen molar-refractivity contribution in [1.82, 2.24) is 0 Å². The Labute approximate surface area is 109 Å². The highest BCUT2D eigenvalue weighted by Crippen LogP contribution is 2.58. The molecule has 0 rings (SSSR count). The smallest absolute Gasteiger partial charge is 0.372 e. The molecule has 0 bridgehead atoms. The number of carbonyl (C=O) groups is 2. The second-order valence-corrected chi connectivity index (χ2v) is 5.37. The van der Waals surface area contributed by atoms with Gasteiger partial charge in [0.05, 0.1) is 6.61 Å². The topological polar surface area (TPSA) is 140 Å². The summed E-state index contributed by atoms with van der Waals surface area (Å²) in [6.07, 6.45) is 0. The normalized spacial score (nSPS) is 18.2. The Morgan fingerprint density at radius 2 is 1.68 bits per heavy atom. The zero-order valence-electron chi connectivity index (χ0n) is 10.9. The molecule has 0 aliphatic rings. The Balaban J connectivity index is 6.25. The van der Waals surface area contributed by atoms with Gasteiger partial charge in [-0.2, -0.15) is 0 Å². The van der Waals surface area contributed by atoms with Crippen LogP contribution in [0.25, 0.3) is 0 Å². The molecule has 3 N–H and O–H groups in total. The van der Waals surface area contributed by atoms with Crippen LogP contribution in [0.2, 0.25) is 0 Å². The fourth-order valence-electron chi connectivity index (χ4n) is 1.59. The summed E-state index contributed by atoms with van der Waals surface area (Å²) in [5, 5.41) is 6.02. The molecule has 9 nitrogen and oxygen atoms in total. The fraction of sp³-hybridized carbons (Fsp3) is 0.778. The quantitative estimate of drug-likeness (QED) is 0.421. The monoisotopic (exact) mass is 300 g/mol. The third kappa shape index (κ3) is 2.65. The van der Waals surface area contributed by atoms with Crippen LogP contribution in [0.4, 0.5) is 0 Å². The predicted octanol–water partition coefficient (Wildman–Crippen LogP) is -0.440. The largest absolute Gasteiger partial charge is 0.479 e. The lowest BCUT2D eigenvalue weighted by Crippen LogP contribution is -2.64. The molecular formula is C9H17O9P. The zero-order chi connectivity index (χ0) is 15.5. The van der Waals surface area contributed by atoms with Crippen molar-refractivity contribution in [3.05, 3.63) is 0 Å². The molecule has 0 spiro atoms. The number of aliphatic carboxylic acids is 1. The summed E-state index contributed by atoms with van der Waals surface area (Å²) in [6, 6.07) is 0. The van der Waals surface area contributed by atoms with Crippen LogP contribution in [0.3, 0.4) is 0 Å². The van der Waals surface area contributed by atoms with E-state index in [9.17, 15) is 23.9 Å². The van der Waals surface area contributed by atoms with E-state index in [0.29, 0.717) is 0 Å². The highest BCUT2D eigenvalue weighted by Gasteiger charge is 2.72. The summed E-state index contributed by atoms with van der Waals surface area (Å²) < 4.78 is 25.4. The third-order valence-electron chi connectivity index (χ3n) is 2.72. The summed E-state index contributed by atoms with van der Waals surface area (Å²) in [4.78, 5) is 41.9. The van der Waals surface area contributed by atoms with Crippen LogP contribution in [-0.2, 0) is 28.4 Å². The standard InChI is InChI=1S/C9H17O9P/c1-5-18-7(12)9(17-4,19(13,14)15)8(2,16-3)6(10)11/h5H2,1-4H3,(H,10,11)(H2,13,14,15). The number of rotatable bonds is 7. The molecule has 10 heteroatoms. The molecule has 112 valence electrons. The maximum Gasteiger partial charge on any atom is 0.372 e. The van der Waals surface area contributed by atoms with Gasteiger partial charge in [-0.25, -0.2) is 9.59 Å². The molecule has 0 radical (unpaired) electrons. The van der Waals surface area contributed by atoms with E-state index in [2.05, 4.69) is 14.2 Å². The zero-order valence-corrected chi connectivity index (χ0v) is 11.8. The van der Waals surface area contributed by atoms with Crippen molar-refractivity contribution in [2.45, 2.75) is 24.8 Å². The van der Waals surface area contributed by atoms with Crippen molar-refractivity contribution >= 4 is 19.5 Å². The molecule has 0 aromatic rings. The molecule has 0 aromatic heterocycles. The lowest BCUT2D eigenvalue weighted by molar-refractivity contribution is -0.203. The maximum atomic E-state index is 11.9. The molecule has 0 amide bonds. The van der Waals surface area contributed by atoms with E-state index in [1.165, 1.54) is 6.92 Å². The van der Waals surface area contributed by atoms with Gasteiger partial charge in [-0.15, -0.1) is 0 Å². The summed E-state index contributed by atoms with van der Waals surface area (Å²) in [7, 11) is -3.71. The first kappa shape index (κ1) is 18.0. The van der Waals surface area contributed by atoms with E-state index in [-0.39, 0.29) is 6.61 Å². The van der Waals surface area contributed by atoms with E-state index in [4.69, 9.17) is 5.11 Å². The summed E-state index contributed by atoms with van der Waals surface area (Å²) in [5.74, 6) is -3.30. The van der Waals surface area contributed by atoms with Gasteiger partial charge in [0.15, 0.2) is 0 Å². The minimum atomic E-state index is -5.39. The van der Waals surface area contributed by atoms with E-state index in [1.807, 2.05) is 0 Å². The third-order valence-corrected chi connectivity index (χ3v) is 4.33. The van der Waals surface area contributed by atoms with Crippen LogP contribution < -0.4 is 0 Å². The number of hydrogen-bond donors (Lipinski definition) is 3. The van der Waals surface area contributed by atoms with Crippen molar-refractivity contribution in [2.75, 3.05) is 20.8 Å². The molecule has 0 fully saturated rings. The summed E-state index contributed by atoms with van der Waals surface area (Å²) in [6.45, 7) is 1.99. The van der Waals surface area contributed by atoms with E-state index in [0.717, 1.165) is 21.1 Å². The number of methoxy groups -OCH3 is 2. The molecule has 0 saturated heterocycles. The second kappa shape index (κ2) is 5.98. The van der Waals surface area contributed by atoms with Crippen molar-refractivity contribution in [2.24, 2.45) is 0 Å². The average molecular weight is 300 g/mol. The van der Waals surface area contributed by atoms with Gasteiger partial charge in [-0.05, 0) is 13.8 Å². The number of carboxylic acids is 1. The Morgan fingerprint density at radius 1 is 1.21 bits per heavy atom. The first-order valence-electron chi connectivity index (χ1n) is 5.11. The van der Waals surface area contributed by atoms with Gasteiger partial charge in [0.1, 0.15) is 0 Å². The molecule has 2 atom stereocenters. The first-order chi connectivity index (χ1) is 8.55. The lowest BCUT2D eigenvalue weighted by atomic mass is 9.98. The molecule has 0 aliphatic carbocycles. The number of carboxylic acid groups (broad SMARTS) is 1. The highest BCUT2D eigenvalue weighted by atomic mass is 31.2. The Bertz CT molecular complexity index is 402. The summed E-state index contributed by atoms with van der Waals surface area (Å²) in [5.41, 5.74) is -2.63. The number of esters is 1. The van der Waals surface area contributed by atoms with Gasteiger partial charge in [-0.3, -0.25) is 4.57 Å². The molecule has 0 saturated carbocycles. The minimum Gasteiger partial charge on any atom is -0.479 e. The van der Waals surface area contributed by atoms with Crippen LogP contribution in [0.5, 0.6) is 0 Å². The lowest BCUT2D eigenvalue weighted by Gasteiger charge is -2.40. The van der Waals surface area contributed by atoms with E-state index >= 15 is 0 Å². The van der Waals surface area contributed by atoms with Crippen molar-refractivity contribution in [1.29, 1.82) is 0 Å². The molecular weight excluding hydrogens is 283 g/mol. The van der Waals surface area contributed by atoms with Gasteiger partial charge < -0.3 is 29.1 Å². The molecule has 19 heavy (non-hydrogen) atoms. The van der Waals surface area contributed by atoms with Gasteiger partial charge >= 0.3 is 24.9 Å². The molecule has 0 aliphatic heterocycles. The molecule has 2 unspecified atom stereocenters. The molecule has 0 aromatic carbocycles. The van der Waals surface area contributed by atoms with Crippen LogP contribution in [0, 0.1) is 0 Å². The summed E-state index contributed by atoms with van der Waals surface area (Å²) >= 11 is 0. The van der Waals surface area contributed by atoms with Crippen molar-refractivity contribution in [3.63, 3.8) is 0 Å². The van der Waals surface area contributed by atoms with Crippen LogP contribution in [-0.4, -0.2) is 58.6 Å². The minimum absolute atomic E-state index is 0.219. The first-order valence-corrected chi connectivity index (χ1v) is 6.73. The van der Waals surface area contributed by atoms with E-state index in [1.54, 1.807) is 0 Å². The van der Waals surface area contributed by atoms with Crippen LogP contribution in [0.15, 0.2) is 0 Å². The van der Waals surface area contributed by atoms with Crippen LogP contribution >= 0.6 is 7.60 Å². The van der Waals surface area contributed by atoms with E-state index < -0.39 is 30.5 Å². The Morgan fingerprint density at radius 3 is 1.89 bits per heavy atom. The number of carbonyl (C=O) groups excluding carboxylic acids is 1. The van der Waals surface area contributed by atoms with Gasteiger partial charge in [0.25, 0.3) is 0 Å². The Hall–Kier alpha value is -0.990. The van der Waals surface area contributed by atoms with Crippen molar-refractivity contribution in [3.8, 4) is 0 Å². The number of ether oxygens (including phenoxy) is 3. The van der Waals surface area contributed by atoms with Gasteiger partial charge in [-0.1, -0.05) is 0 Å². The molecule has 0 heterocycles. The average Bonchev–Trinajstić information content (AvgIpc) is 2.28. The SMILES string of the molecule is CCOC(=O)C(OC)(C(C)(OC)C(=O)O)P(=O)(O)O. The predicted molar refractivity (Wildman–Crippen MR) is 61.5 cm³/mol. The van der Waals surface area contributed by atoms with Crippen molar-refractivity contribution < 1.29 is 43.3 Å². The maximum absolute atomic E-state index is 11.9. The number of hydrogen-bond acceptors (Lipinski definition) is 6.